The predicted octanol–water partition coefficient (Wildman–Crippen LogP) is 3.93. The molecule has 2 amide bonds. The number of aliphatic hydroxyl groups excluding tert-OH is 1. The van der Waals surface area contributed by atoms with Crippen molar-refractivity contribution in [3.8, 4) is 11.5 Å². The average Bonchev–Trinajstić information content (AvgIpc) is 3.26. The molecular weight excluding hydrogens is 380 g/mol. The Morgan fingerprint density at radius 3 is 2.17 bits per heavy atom. The van der Waals surface area contributed by atoms with Gasteiger partial charge in [-0.05, 0) is 35.2 Å². The van der Waals surface area contributed by atoms with Gasteiger partial charge in [0.05, 0.1) is 12.1 Å². The van der Waals surface area contributed by atoms with Gasteiger partial charge >= 0.3 is 6.03 Å². The lowest BCUT2D eigenvalue weighted by Gasteiger charge is -2.20. The lowest BCUT2D eigenvalue weighted by molar-refractivity contribution is 0.165. The van der Waals surface area contributed by atoms with Gasteiger partial charge in [-0.3, -0.25) is 0 Å². The van der Waals surface area contributed by atoms with Crippen LogP contribution in [0.1, 0.15) is 35.3 Å². The molecular formula is C24H24N2O4. The zero-order chi connectivity index (χ0) is 20.8. The summed E-state index contributed by atoms with van der Waals surface area (Å²) in [5, 5.41) is 16.3. The van der Waals surface area contributed by atoms with Crippen LogP contribution in [0.2, 0.25) is 0 Å². The standard InChI is InChI=1S/C24H24N2O4/c27-20(19-11-12-21-22(15-19)30-16-29-21)13-14-25-24(28)26-23(17-7-3-1-4-8-17)18-9-5-2-6-10-18/h1-12,15,20,23,27H,13-14,16H2,(H2,25,26,28). The Labute approximate surface area is 175 Å². The summed E-state index contributed by atoms with van der Waals surface area (Å²) in [5.41, 5.74) is 2.73. The van der Waals surface area contributed by atoms with Gasteiger partial charge in [0.1, 0.15) is 0 Å². The third-order valence-corrected chi connectivity index (χ3v) is 5.03. The maximum absolute atomic E-state index is 12.5. The lowest BCUT2D eigenvalue weighted by Crippen LogP contribution is -2.39. The van der Waals surface area contributed by atoms with E-state index in [9.17, 15) is 9.90 Å². The van der Waals surface area contributed by atoms with Crippen LogP contribution in [0.25, 0.3) is 0 Å². The van der Waals surface area contributed by atoms with Gasteiger partial charge in [-0.2, -0.15) is 0 Å². The zero-order valence-corrected chi connectivity index (χ0v) is 16.5. The van der Waals surface area contributed by atoms with Crippen molar-refractivity contribution >= 4 is 6.03 Å². The molecule has 0 aliphatic carbocycles. The molecule has 30 heavy (non-hydrogen) atoms. The van der Waals surface area contributed by atoms with Crippen LogP contribution in [0, 0.1) is 0 Å². The first-order valence-corrected chi connectivity index (χ1v) is 9.92. The number of urea groups is 1. The number of ether oxygens (including phenoxy) is 2. The van der Waals surface area contributed by atoms with E-state index in [0.717, 1.165) is 16.7 Å². The molecule has 3 aromatic carbocycles. The molecule has 0 spiro atoms. The number of benzene rings is 3. The summed E-state index contributed by atoms with van der Waals surface area (Å²) >= 11 is 0. The summed E-state index contributed by atoms with van der Waals surface area (Å²) in [6, 6.07) is 24.5. The van der Waals surface area contributed by atoms with Gasteiger partial charge in [0.15, 0.2) is 11.5 Å². The second-order valence-electron chi connectivity index (χ2n) is 7.07. The molecule has 0 aromatic heterocycles. The van der Waals surface area contributed by atoms with Gasteiger partial charge in [0, 0.05) is 6.54 Å². The topological polar surface area (TPSA) is 79.8 Å². The lowest BCUT2D eigenvalue weighted by atomic mass is 9.99. The molecule has 3 N–H and O–H groups in total. The Bertz CT molecular complexity index is 940. The number of rotatable bonds is 7. The highest BCUT2D eigenvalue weighted by Gasteiger charge is 2.18. The maximum atomic E-state index is 12.5. The highest BCUT2D eigenvalue weighted by atomic mass is 16.7. The Kier molecular flexibility index (Phi) is 6.15. The molecule has 0 bridgehead atoms. The Balaban J connectivity index is 1.34. The van der Waals surface area contributed by atoms with Crippen molar-refractivity contribution in [2.45, 2.75) is 18.6 Å². The highest BCUT2D eigenvalue weighted by Crippen LogP contribution is 2.34. The molecule has 1 aliphatic heterocycles. The van der Waals surface area contributed by atoms with Crippen LogP contribution < -0.4 is 20.1 Å². The van der Waals surface area contributed by atoms with Gasteiger partial charge < -0.3 is 25.2 Å². The molecule has 0 fully saturated rings. The van der Waals surface area contributed by atoms with E-state index in [1.54, 1.807) is 18.2 Å². The van der Waals surface area contributed by atoms with Gasteiger partial charge in [0.2, 0.25) is 6.79 Å². The number of nitrogens with one attached hydrogen (secondary N) is 2. The van der Waals surface area contributed by atoms with Gasteiger partial charge in [-0.25, -0.2) is 4.79 Å². The molecule has 0 radical (unpaired) electrons. The molecule has 1 unspecified atom stereocenters. The summed E-state index contributed by atoms with van der Waals surface area (Å²) in [5.74, 6) is 1.31. The minimum Gasteiger partial charge on any atom is -0.454 e. The number of fused-ring (bicyclic) bond motifs is 1. The predicted molar refractivity (Wildman–Crippen MR) is 113 cm³/mol. The molecule has 6 nitrogen and oxygen atoms in total. The molecule has 4 rings (SSSR count). The van der Waals surface area contributed by atoms with E-state index in [0.29, 0.717) is 24.5 Å². The van der Waals surface area contributed by atoms with Crippen LogP contribution in [-0.2, 0) is 0 Å². The van der Waals surface area contributed by atoms with Crippen LogP contribution in [0.15, 0.2) is 78.9 Å². The quantitative estimate of drug-likeness (QED) is 0.558. The first-order valence-electron chi connectivity index (χ1n) is 9.92. The van der Waals surface area contributed by atoms with Gasteiger partial charge in [0.25, 0.3) is 0 Å². The fourth-order valence-electron chi connectivity index (χ4n) is 3.44. The SMILES string of the molecule is O=C(NCCC(O)c1ccc2c(c1)OCO2)NC(c1ccccc1)c1ccccc1. The molecule has 1 heterocycles. The summed E-state index contributed by atoms with van der Waals surface area (Å²) in [6.45, 7) is 0.526. The van der Waals surface area contributed by atoms with E-state index >= 15 is 0 Å². The van der Waals surface area contributed by atoms with Gasteiger partial charge in [-0.15, -0.1) is 0 Å². The number of aliphatic hydroxyl groups is 1. The van der Waals surface area contributed by atoms with Crippen molar-refractivity contribution < 1.29 is 19.4 Å². The Morgan fingerprint density at radius 1 is 0.867 bits per heavy atom. The highest BCUT2D eigenvalue weighted by molar-refractivity contribution is 5.75. The summed E-state index contributed by atoms with van der Waals surface area (Å²) in [7, 11) is 0. The number of carbonyl (C=O) groups is 1. The van der Waals surface area contributed by atoms with E-state index in [-0.39, 0.29) is 18.9 Å². The summed E-state index contributed by atoms with van der Waals surface area (Å²) in [4.78, 5) is 12.5. The van der Waals surface area contributed by atoms with Crippen molar-refractivity contribution in [1.82, 2.24) is 10.6 Å². The molecule has 3 aromatic rings. The fourth-order valence-corrected chi connectivity index (χ4v) is 3.44. The molecule has 1 atom stereocenters. The normalized spacial score (nSPS) is 13.1. The van der Waals surface area contributed by atoms with Crippen molar-refractivity contribution in [3.05, 3.63) is 95.6 Å². The average molecular weight is 404 g/mol. The Morgan fingerprint density at radius 2 is 1.50 bits per heavy atom. The van der Waals surface area contributed by atoms with Crippen molar-refractivity contribution in [1.29, 1.82) is 0 Å². The summed E-state index contributed by atoms with van der Waals surface area (Å²) in [6.07, 6.45) is -0.326. The minimum absolute atomic E-state index is 0.195. The maximum Gasteiger partial charge on any atom is 0.315 e. The molecule has 0 saturated carbocycles. The van der Waals surface area contributed by atoms with Crippen LogP contribution in [-0.4, -0.2) is 24.5 Å². The van der Waals surface area contributed by atoms with E-state index in [4.69, 9.17) is 9.47 Å². The van der Waals surface area contributed by atoms with Crippen LogP contribution in [0.5, 0.6) is 11.5 Å². The Hall–Kier alpha value is -3.51. The molecule has 154 valence electrons. The largest absolute Gasteiger partial charge is 0.454 e. The van der Waals surface area contributed by atoms with E-state index in [1.165, 1.54) is 0 Å². The first-order chi connectivity index (χ1) is 14.7. The van der Waals surface area contributed by atoms with Crippen LogP contribution in [0.3, 0.4) is 0 Å². The smallest absolute Gasteiger partial charge is 0.315 e. The second-order valence-corrected chi connectivity index (χ2v) is 7.07. The number of hydrogen-bond acceptors (Lipinski definition) is 4. The molecule has 1 aliphatic rings. The molecule has 0 saturated heterocycles. The summed E-state index contributed by atoms with van der Waals surface area (Å²) < 4.78 is 10.6. The first kappa shape index (κ1) is 19.8. The third-order valence-electron chi connectivity index (χ3n) is 5.03. The van der Waals surface area contributed by atoms with E-state index in [1.807, 2.05) is 60.7 Å². The van der Waals surface area contributed by atoms with Crippen molar-refractivity contribution in [3.63, 3.8) is 0 Å². The van der Waals surface area contributed by atoms with Crippen LogP contribution in [0.4, 0.5) is 4.79 Å². The number of amides is 2. The van der Waals surface area contributed by atoms with E-state index in [2.05, 4.69) is 10.6 Å². The fraction of sp³-hybridized carbons (Fsp3) is 0.208. The van der Waals surface area contributed by atoms with E-state index < -0.39 is 6.10 Å². The van der Waals surface area contributed by atoms with Crippen molar-refractivity contribution in [2.24, 2.45) is 0 Å². The number of hydrogen-bond donors (Lipinski definition) is 3. The zero-order valence-electron chi connectivity index (χ0n) is 16.5. The van der Waals surface area contributed by atoms with Gasteiger partial charge in [-0.1, -0.05) is 66.7 Å². The third kappa shape index (κ3) is 4.72. The second kappa shape index (κ2) is 9.33. The van der Waals surface area contributed by atoms with Crippen molar-refractivity contribution in [2.75, 3.05) is 13.3 Å². The minimum atomic E-state index is -0.709. The monoisotopic (exact) mass is 404 g/mol. The van der Waals surface area contributed by atoms with Crippen LogP contribution >= 0.6 is 0 Å². The molecule has 6 heteroatoms. The number of carbonyl (C=O) groups excluding carboxylic acids is 1.